The van der Waals surface area contributed by atoms with Crippen LogP contribution in [0, 0.1) is 5.92 Å². The second kappa shape index (κ2) is 7.65. The van der Waals surface area contributed by atoms with Crippen molar-refractivity contribution in [1.82, 2.24) is 5.32 Å². The van der Waals surface area contributed by atoms with Crippen LogP contribution in [-0.2, 0) is 14.3 Å². The Balaban J connectivity index is 2.45. The first-order chi connectivity index (χ1) is 9.29. The molecule has 20 heavy (non-hydrogen) atoms. The smallest absolute Gasteiger partial charge is 0.328 e. The van der Waals surface area contributed by atoms with Gasteiger partial charge in [-0.1, -0.05) is 32.1 Å². The summed E-state index contributed by atoms with van der Waals surface area (Å²) in [7, 11) is 0. The summed E-state index contributed by atoms with van der Waals surface area (Å²) in [6, 6.07) is -0.577. The van der Waals surface area contributed by atoms with Gasteiger partial charge in [0.05, 0.1) is 0 Å². The van der Waals surface area contributed by atoms with Crippen LogP contribution in [0.1, 0.15) is 72.6 Å². The molecule has 0 aromatic rings. The third-order valence-corrected chi connectivity index (χ3v) is 3.60. The Bertz CT molecular complexity index is 325. The van der Waals surface area contributed by atoms with Crippen molar-refractivity contribution in [2.24, 2.45) is 5.92 Å². The molecule has 116 valence electrons. The van der Waals surface area contributed by atoms with Crippen molar-refractivity contribution >= 4 is 11.9 Å². The van der Waals surface area contributed by atoms with Gasteiger partial charge in [-0.2, -0.15) is 0 Å². The number of hydrogen-bond donors (Lipinski definition) is 1. The molecular formula is C16H29NO3. The fraction of sp³-hybridized carbons (Fsp3) is 0.875. The van der Waals surface area contributed by atoms with Crippen molar-refractivity contribution in [1.29, 1.82) is 0 Å². The van der Waals surface area contributed by atoms with E-state index >= 15 is 0 Å². The quantitative estimate of drug-likeness (QED) is 0.809. The van der Waals surface area contributed by atoms with Crippen LogP contribution in [0.4, 0.5) is 0 Å². The van der Waals surface area contributed by atoms with E-state index in [1.165, 1.54) is 19.3 Å². The van der Waals surface area contributed by atoms with E-state index in [1.807, 2.05) is 20.8 Å². The van der Waals surface area contributed by atoms with Crippen LogP contribution in [0.25, 0.3) is 0 Å². The van der Waals surface area contributed by atoms with E-state index < -0.39 is 11.6 Å². The number of carbonyl (C=O) groups excluding carboxylic acids is 2. The van der Waals surface area contributed by atoms with E-state index in [9.17, 15) is 9.59 Å². The summed E-state index contributed by atoms with van der Waals surface area (Å²) in [4.78, 5) is 24.1. The minimum atomic E-state index is -0.577. The Morgan fingerprint density at radius 3 is 2.05 bits per heavy atom. The lowest BCUT2D eigenvalue weighted by Gasteiger charge is -2.24. The zero-order valence-electron chi connectivity index (χ0n) is 13.3. The second-order valence-electron chi connectivity index (χ2n) is 6.81. The first-order valence-electron chi connectivity index (χ1n) is 7.83. The Morgan fingerprint density at radius 2 is 1.55 bits per heavy atom. The number of amides is 1. The average Bonchev–Trinajstić information content (AvgIpc) is 2.25. The van der Waals surface area contributed by atoms with Crippen LogP contribution in [0.5, 0.6) is 0 Å². The molecule has 4 nitrogen and oxygen atoms in total. The minimum absolute atomic E-state index is 0.00487. The lowest BCUT2D eigenvalue weighted by atomic mass is 9.90. The predicted octanol–water partition coefficient (Wildman–Crippen LogP) is 3.19. The molecule has 0 bridgehead atoms. The maximum Gasteiger partial charge on any atom is 0.328 e. The Morgan fingerprint density at radius 1 is 1.05 bits per heavy atom. The standard InChI is InChI=1S/C16H29NO3/c1-12(15(19)20-16(2,3)4)17-14(18)13-10-8-6-5-7-9-11-13/h12-13H,5-11H2,1-4H3,(H,17,18)/t12-/m1/s1. The van der Waals surface area contributed by atoms with Gasteiger partial charge in [0, 0.05) is 5.92 Å². The van der Waals surface area contributed by atoms with Crippen molar-refractivity contribution in [2.75, 3.05) is 0 Å². The van der Waals surface area contributed by atoms with Crippen LogP contribution in [-0.4, -0.2) is 23.5 Å². The summed E-state index contributed by atoms with van der Waals surface area (Å²) in [6.07, 6.45) is 7.80. The lowest BCUT2D eigenvalue weighted by molar-refractivity contribution is -0.158. The van der Waals surface area contributed by atoms with Gasteiger partial charge in [-0.15, -0.1) is 0 Å². The predicted molar refractivity (Wildman–Crippen MR) is 79.3 cm³/mol. The molecule has 0 radical (unpaired) electrons. The first kappa shape index (κ1) is 17.0. The number of hydrogen-bond acceptors (Lipinski definition) is 3. The van der Waals surface area contributed by atoms with E-state index in [0.717, 1.165) is 25.7 Å². The first-order valence-corrected chi connectivity index (χ1v) is 7.83. The largest absolute Gasteiger partial charge is 0.458 e. The van der Waals surface area contributed by atoms with E-state index in [2.05, 4.69) is 5.32 Å². The molecule has 1 amide bonds. The molecule has 1 saturated carbocycles. The Hall–Kier alpha value is -1.06. The Kier molecular flexibility index (Phi) is 6.50. The highest BCUT2D eigenvalue weighted by Crippen LogP contribution is 2.22. The van der Waals surface area contributed by atoms with Gasteiger partial charge < -0.3 is 10.1 Å². The van der Waals surface area contributed by atoms with Crippen LogP contribution in [0.2, 0.25) is 0 Å². The van der Waals surface area contributed by atoms with Crippen molar-refractivity contribution in [3.63, 3.8) is 0 Å². The topological polar surface area (TPSA) is 55.4 Å². The lowest BCUT2D eigenvalue weighted by Crippen LogP contribution is -2.44. The second-order valence-corrected chi connectivity index (χ2v) is 6.81. The van der Waals surface area contributed by atoms with Gasteiger partial charge in [0.25, 0.3) is 0 Å². The van der Waals surface area contributed by atoms with Crippen LogP contribution in [0.15, 0.2) is 0 Å². The van der Waals surface area contributed by atoms with Crippen molar-refractivity contribution in [2.45, 2.75) is 84.3 Å². The van der Waals surface area contributed by atoms with E-state index in [1.54, 1.807) is 6.92 Å². The fourth-order valence-corrected chi connectivity index (χ4v) is 2.50. The zero-order chi connectivity index (χ0) is 15.2. The highest BCUT2D eigenvalue weighted by molar-refractivity contribution is 5.85. The molecule has 1 rings (SSSR count). The van der Waals surface area contributed by atoms with E-state index in [0.29, 0.717) is 0 Å². The number of rotatable bonds is 3. The minimum Gasteiger partial charge on any atom is -0.458 e. The number of carbonyl (C=O) groups is 2. The zero-order valence-corrected chi connectivity index (χ0v) is 13.3. The van der Waals surface area contributed by atoms with Crippen LogP contribution in [0.3, 0.4) is 0 Å². The van der Waals surface area contributed by atoms with Gasteiger partial charge in [-0.3, -0.25) is 4.79 Å². The summed E-state index contributed by atoms with van der Waals surface area (Å²) in [5, 5.41) is 2.81. The van der Waals surface area contributed by atoms with E-state index in [-0.39, 0.29) is 17.8 Å². The molecule has 0 aromatic heterocycles. The normalized spacial score (nSPS) is 19.6. The maximum atomic E-state index is 12.2. The molecule has 1 aliphatic rings. The molecule has 0 heterocycles. The van der Waals surface area contributed by atoms with Crippen molar-refractivity contribution in [3.8, 4) is 0 Å². The van der Waals surface area contributed by atoms with Crippen LogP contribution < -0.4 is 5.32 Å². The molecule has 1 fully saturated rings. The molecule has 4 heteroatoms. The van der Waals surface area contributed by atoms with E-state index in [4.69, 9.17) is 4.74 Å². The maximum absolute atomic E-state index is 12.2. The molecule has 0 spiro atoms. The number of ether oxygens (including phenoxy) is 1. The van der Waals surface area contributed by atoms with Gasteiger partial charge >= 0.3 is 5.97 Å². The molecule has 0 aliphatic heterocycles. The highest BCUT2D eigenvalue weighted by Gasteiger charge is 2.26. The van der Waals surface area contributed by atoms with Gasteiger partial charge in [0.15, 0.2) is 0 Å². The third kappa shape index (κ3) is 6.40. The highest BCUT2D eigenvalue weighted by atomic mass is 16.6. The molecule has 1 N–H and O–H groups in total. The summed E-state index contributed by atoms with van der Waals surface area (Å²) in [5.74, 6) is -0.304. The third-order valence-electron chi connectivity index (χ3n) is 3.60. The molecule has 1 atom stereocenters. The van der Waals surface area contributed by atoms with Crippen LogP contribution >= 0.6 is 0 Å². The van der Waals surface area contributed by atoms with Gasteiger partial charge in [0.2, 0.25) is 5.91 Å². The van der Waals surface area contributed by atoms with Crippen molar-refractivity contribution in [3.05, 3.63) is 0 Å². The van der Waals surface area contributed by atoms with Gasteiger partial charge in [-0.05, 0) is 40.5 Å². The summed E-state index contributed by atoms with van der Waals surface area (Å²) in [6.45, 7) is 7.17. The summed E-state index contributed by atoms with van der Waals surface area (Å²) in [5.41, 5.74) is -0.518. The average molecular weight is 283 g/mol. The molecule has 0 aromatic carbocycles. The Labute approximate surface area is 122 Å². The van der Waals surface area contributed by atoms with Gasteiger partial charge in [0.1, 0.15) is 11.6 Å². The fourth-order valence-electron chi connectivity index (χ4n) is 2.50. The monoisotopic (exact) mass is 283 g/mol. The summed E-state index contributed by atoms with van der Waals surface area (Å²) < 4.78 is 5.28. The molecular weight excluding hydrogens is 254 g/mol. The number of esters is 1. The molecule has 0 unspecified atom stereocenters. The van der Waals surface area contributed by atoms with Crippen molar-refractivity contribution < 1.29 is 14.3 Å². The summed E-state index contributed by atoms with van der Waals surface area (Å²) >= 11 is 0. The van der Waals surface area contributed by atoms with Gasteiger partial charge in [-0.25, -0.2) is 4.79 Å². The molecule has 1 aliphatic carbocycles. The molecule has 0 saturated heterocycles. The number of nitrogens with one attached hydrogen (secondary N) is 1. The SMILES string of the molecule is C[C@@H](NC(=O)C1CCCCCCC1)C(=O)OC(C)(C)C.